The Hall–Kier alpha value is -2.74. The Balaban J connectivity index is 2.01. The SMILES string of the molecule is NNc1ccc(C(=O)Nc2ccc(OC(F)F)cc2)cn1. The summed E-state index contributed by atoms with van der Waals surface area (Å²) in [5.74, 6) is 5.24. The number of nitrogens with two attached hydrogens (primary N) is 1. The van der Waals surface area contributed by atoms with E-state index in [0.29, 0.717) is 17.1 Å². The molecule has 1 aromatic carbocycles. The van der Waals surface area contributed by atoms with Gasteiger partial charge in [-0.3, -0.25) is 4.79 Å². The van der Waals surface area contributed by atoms with E-state index in [1.807, 2.05) is 0 Å². The van der Waals surface area contributed by atoms with Gasteiger partial charge in [-0.05, 0) is 36.4 Å². The third-order valence-corrected chi connectivity index (χ3v) is 2.51. The van der Waals surface area contributed by atoms with Gasteiger partial charge in [0.2, 0.25) is 0 Å². The van der Waals surface area contributed by atoms with E-state index in [-0.39, 0.29) is 11.7 Å². The molecule has 0 fully saturated rings. The van der Waals surface area contributed by atoms with Crippen molar-refractivity contribution in [1.29, 1.82) is 0 Å². The minimum Gasteiger partial charge on any atom is -0.435 e. The molecule has 1 heterocycles. The van der Waals surface area contributed by atoms with Gasteiger partial charge in [0.05, 0.1) is 5.56 Å². The Labute approximate surface area is 118 Å². The fourth-order valence-electron chi connectivity index (χ4n) is 1.54. The summed E-state index contributed by atoms with van der Waals surface area (Å²) in [5.41, 5.74) is 3.13. The minimum absolute atomic E-state index is 0.0167. The molecule has 1 amide bonds. The van der Waals surface area contributed by atoms with Gasteiger partial charge in [0.1, 0.15) is 11.6 Å². The van der Waals surface area contributed by atoms with E-state index >= 15 is 0 Å². The Morgan fingerprint density at radius 2 is 1.90 bits per heavy atom. The van der Waals surface area contributed by atoms with E-state index in [1.54, 1.807) is 12.1 Å². The molecule has 0 saturated carbocycles. The van der Waals surface area contributed by atoms with E-state index < -0.39 is 6.61 Å². The summed E-state index contributed by atoms with van der Waals surface area (Å²) in [6.45, 7) is -2.88. The lowest BCUT2D eigenvalue weighted by atomic mass is 10.2. The predicted molar refractivity (Wildman–Crippen MR) is 73.1 cm³/mol. The first-order chi connectivity index (χ1) is 10.1. The zero-order valence-electron chi connectivity index (χ0n) is 10.7. The molecule has 4 N–H and O–H groups in total. The van der Waals surface area contributed by atoms with Gasteiger partial charge in [-0.15, -0.1) is 0 Å². The maximum Gasteiger partial charge on any atom is 0.387 e. The van der Waals surface area contributed by atoms with E-state index in [9.17, 15) is 13.6 Å². The fraction of sp³-hybridized carbons (Fsp3) is 0.0769. The van der Waals surface area contributed by atoms with Crippen LogP contribution in [0.5, 0.6) is 5.75 Å². The van der Waals surface area contributed by atoms with Crippen LogP contribution < -0.4 is 21.3 Å². The molecule has 0 radical (unpaired) electrons. The molecule has 110 valence electrons. The Bertz CT molecular complexity index is 603. The maximum absolute atomic E-state index is 12.0. The number of nitrogens with zero attached hydrogens (tertiary/aromatic N) is 1. The van der Waals surface area contributed by atoms with Crippen molar-refractivity contribution in [1.82, 2.24) is 4.98 Å². The number of anilines is 2. The van der Waals surface area contributed by atoms with Gasteiger partial charge in [-0.2, -0.15) is 8.78 Å². The quantitative estimate of drug-likeness (QED) is 0.581. The first-order valence-corrected chi connectivity index (χ1v) is 5.87. The number of hydrogen-bond donors (Lipinski definition) is 3. The number of aromatic nitrogens is 1. The van der Waals surface area contributed by atoms with E-state index in [2.05, 4.69) is 20.5 Å². The summed E-state index contributed by atoms with van der Waals surface area (Å²) in [6.07, 6.45) is 1.36. The summed E-state index contributed by atoms with van der Waals surface area (Å²) in [5, 5.41) is 2.60. The summed E-state index contributed by atoms with van der Waals surface area (Å²) < 4.78 is 28.2. The van der Waals surface area contributed by atoms with Crippen LogP contribution in [0.1, 0.15) is 10.4 Å². The molecule has 8 heteroatoms. The van der Waals surface area contributed by atoms with Gasteiger partial charge in [0, 0.05) is 11.9 Å². The molecule has 0 saturated heterocycles. The van der Waals surface area contributed by atoms with Crippen LogP contribution in [0.2, 0.25) is 0 Å². The standard InChI is InChI=1S/C13H12F2N4O2/c14-13(15)21-10-4-2-9(3-5-10)18-12(20)8-1-6-11(19-16)17-7-8/h1-7,13H,16H2,(H,17,19)(H,18,20). The first kappa shape index (κ1) is 14.7. The summed E-state index contributed by atoms with van der Waals surface area (Å²) >= 11 is 0. The van der Waals surface area contributed by atoms with Gasteiger partial charge in [0.15, 0.2) is 0 Å². The zero-order valence-corrected chi connectivity index (χ0v) is 10.7. The number of benzene rings is 1. The monoisotopic (exact) mass is 294 g/mol. The molecule has 2 aromatic rings. The van der Waals surface area contributed by atoms with Crippen LogP contribution in [-0.2, 0) is 0 Å². The van der Waals surface area contributed by atoms with E-state index in [1.165, 1.54) is 30.5 Å². The Morgan fingerprint density at radius 1 is 1.19 bits per heavy atom. The average molecular weight is 294 g/mol. The predicted octanol–water partition coefficient (Wildman–Crippen LogP) is 2.22. The summed E-state index contributed by atoms with van der Waals surface area (Å²) in [6, 6.07) is 8.68. The highest BCUT2D eigenvalue weighted by atomic mass is 19.3. The Kier molecular flexibility index (Phi) is 4.62. The molecule has 0 spiro atoms. The number of alkyl halides is 2. The lowest BCUT2D eigenvalue weighted by Crippen LogP contribution is -2.13. The fourth-order valence-corrected chi connectivity index (χ4v) is 1.54. The van der Waals surface area contributed by atoms with Gasteiger partial charge >= 0.3 is 6.61 Å². The van der Waals surface area contributed by atoms with Crippen molar-refractivity contribution in [2.45, 2.75) is 6.61 Å². The lowest BCUT2D eigenvalue weighted by Gasteiger charge is -2.07. The average Bonchev–Trinajstić information content (AvgIpc) is 2.49. The van der Waals surface area contributed by atoms with E-state index in [0.717, 1.165) is 0 Å². The number of pyridine rings is 1. The van der Waals surface area contributed by atoms with Crippen LogP contribution in [0.25, 0.3) is 0 Å². The van der Waals surface area contributed by atoms with Crippen molar-refractivity contribution >= 4 is 17.4 Å². The van der Waals surface area contributed by atoms with Crippen molar-refractivity contribution < 1.29 is 18.3 Å². The highest BCUT2D eigenvalue weighted by Crippen LogP contribution is 2.18. The number of halogens is 2. The van der Waals surface area contributed by atoms with Crippen LogP contribution in [0.3, 0.4) is 0 Å². The molecule has 6 nitrogen and oxygen atoms in total. The number of carbonyl (C=O) groups excluding carboxylic acids is 1. The number of carbonyl (C=O) groups is 1. The molecule has 0 unspecified atom stereocenters. The van der Waals surface area contributed by atoms with Crippen LogP contribution in [-0.4, -0.2) is 17.5 Å². The summed E-state index contributed by atoms with van der Waals surface area (Å²) in [7, 11) is 0. The molecule has 0 atom stereocenters. The third-order valence-electron chi connectivity index (χ3n) is 2.51. The van der Waals surface area contributed by atoms with Crippen LogP contribution in [0.4, 0.5) is 20.3 Å². The van der Waals surface area contributed by atoms with Crippen LogP contribution >= 0.6 is 0 Å². The van der Waals surface area contributed by atoms with Crippen molar-refractivity contribution in [2.24, 2.45) is 5.84 Å². The molecular formula is C13H12F2N4O2. The number of rotatable bonds is 5. The van der Waals surface area contributed by atoms with Gasteiger partial charge in [-0.25, -0.2) is 10.8 Å². The minimum atomic E-state index is -2.88. The van der Waals surface area contributed by atoms with Crippen LogP contribution in [0, 0.1) is 0 Å². The third kappa shape index (κ3) is 4.11. The number of nitrogens with one attached hydrogen (secondary N) is 2. The normalized spacial score (nSPS) is 10.3. The van der Waals surface area contributed by atoms with Crippen molar-refractivity contribution in [2.75, 3.05) is 10.7 Å². The zero-order chi connectivity index (χ0) is 15.2. The molecule has 0 aliphatic rings. The van der Waals surface area contributed by atoms with Gasteiger partial charge < -0.3 is 15.5 Å². The van der Waals surface area contributed by atoms with Crippen LogP contribution in [0.15, 0.2) is 42.6 Å². The lowest BCUT2D eigenvalue weighted by molar-refractivity contribution is -0.0498. The number of amides is 1. The molecule has 0 aliphatic heterocycles. The highest BCUT2D eigenvalue weighted by molar-refractivity contribution is 6.04. The molecular weight excluding hydrogens is 282 g/mol. The number of hydrazine groups is 1. The molecule has 21 heavy (non-hydrogen) atoms. The second-order valence-corrected chi connectivity index (χ2v) is 3.93. The van der Waals surface area contributed by atoms with Crippen molar-refractivity contribution in [3.05, 3.63) is 48.2 Å². The van der Waals surface area contributed by atoms with E-state index in [4.69, 9.17) is 5.84 Å². The second-order valence-electron chi connectivity index (χ2n) is 3.93. The molecule has 2 rings (SSSR count). The largest absolute Gasteiger partial charge is 0.435 e. The van der Waals surface area contributed by atoms with Gasteiger partial charge in [-0.1, -0.05) is 0 Å². The number of ether oxygens (including phenoxy) is 1. The smallest absolute Gasteiger partial charge is 0.387 e. The maximum atomic E-state index is 12.0. The molecule has 1 aromatic heterocycles. The number of nitrogen functional groups attached to an aromatic ring is 1. The van der Waals surface area contributed by atoms with Crippen molar-refractivity contribution in [3.8, 4) is 5.75 Å². The molecule has 0 bridgehead atoms. The van der Waals surface area contributed by atoms with Gasteiger partial charge in [0.25, 0.3) is 5.91 Å². The van der Waals surface area contributed by atoms with Crippen molar-refractivity contribution in [3.63, 3.8) is 0 Å². The molecule has 0 aliphatic carbocycles. The number of hydrogen-bond acceptors (Lipinski definition) is 5. The first-order valence-electron chi connectivity index (χ1n) is 5.87. The second kappa shape index (κ2) is 6.62. The highest BCUT2D eigenvalue weighted by Gasteiger charge is 2.08. The topological polar surface area (TPSA) is 89.3 Å². The summed E-state index contributed by atoms with van der Waals surface area (Å²) in [4.78, 5) is 15.8. The Morgan fingerprint density at radius 3 is 2.43 bits per heavy atom.